The van der Waals surface area contributed by atoms with Crippen molar-refractivity contribution in [1.29, 1.82) is 0 Å². The normalized spacial score (nSPS) is 14.0. The molecule has 0 spiro atoms. The maximum Gasteiger partial charge on any atom is 0.161 e. The fourth-order valence-corrected chi connectivity index (χ4v) is 2.64. The highest BCUT2D eigenvalue weighted by Gasteiger charge is 2.18. The minimum atomic E-state index is -0.493. The Balaban J connectivity index is 2.72. The van der Waals surface area contributed by atoms with Crippen molar-refractivity contribution >= 4 is 0 Å². The standard InChI is InChI=1S/C20H35NO4/c1-7-16(4)21(12-18(22)14-25-13-15(2)3)11-17-8-9-19(23-5)20(10-17)24-6/h8-10,15-16,18,22H,7,11-14H2,1-6H3/t16-,18-/m1/s1. The van der Waals surface area contributed by atoms with Crippen molar-refractivity contribution in [3.05, 3.63) is 23.8 Å². The first-order valence-electron chi connectivity index (χ1n) is 9.11. The average molecular weight is 354 g/mol. The van der Waals surface area contributed by atoms with E-state index in [0.29, 0.717) is 31.7 Å². The summed E-state index contributed by atoms with van der Waals surface area (Å²) < 4.78 is 16.3. The molecule has 1 aromatic carbocycles. The zero-order valence-corrected chi connectivity index (χ0v) is 16.6. The lowest BCUT2D eigenvalue weighted by Crippen LogP contribution is -2.40. The number of hydrogen-bond donors (Lipinski definition) is 1. The van der Waals surface area contributed by atoms with Crippen LogP contribution in [0.2, 0.25) is 0 Å². The number of rotatable bonds is 12. The number of benzene rings is 1. The molecule has 2 atom stereocenters. The van der Waals surface area contributed by atoms with E-state index in [1.54, 1.807) is 14.2 Å². The predicted molar refractivity (Wildman–Crippen MR) is 101 cm³/mol. The van der Waals surface area contributed by atoms with E-state index in [4.69, 9.17) is 14.2 Å². The summed E-state index contributed by atoms with van der Waals surface area (Å²) in [5.74, 6) is 1.93. The molecule has 1 N–H and O–H groups in total. The van der Waals surface area contributed by atoms with Crippen LogP contribution in [0.25, 0.3) is 0 Å². The number of aliphatic hydroxyl groups is 1. The van der Waals surface area contributed by atoms with Crippen molar-refractivity contribution in [2.24, 2.45) is 5.92 Å². The highest BCUT2D eigenvalue weighted by atomic mass is 16.5. The first-order valence-corrected chi connectivity index (χ1v) is 9.11. The summed E-state index contributed by atoms with van der Waals surface area (Å²) in [4.78, 5) is 2.28. The summed E-state index contributed by atoms with van der Waals surface area (Å²) in [5, 5.41) is 10.3. The van der Waals surface area contributed by atoms with E-state index < -0.39 is 6.10 Å². The predicted octanol–water partition coefficient (Wildman–Crippen LogP) is 3.34. The van der Waals surface area contributed by atoms with Gasteiger partial charge in [0.1, 0.15) is 0 Å². The van der Waals surface area contributed by atoms with E-state index in [0.717, 1.165) is 30.0 Å². The molecule has 25 heavy (non-hydrogen) atoms. The number of nitrogens with zero attached hydrogens (tertiary/aromatic N) is 1. The van der Waals surface area contributed by atoms with Gasteiger partial charge in [-0.3, -0.25) is 4.90 Å². The second-order valence-electron chi connectivity index (χ2n) is 6.96. The third-order valence-electron chi connectivity index (χ3n) is 4.25. The lowest BCUT2D eigenvalue weighted by atomic mass is 10.1. The van der Waals surface area contributed by atoms with Gasteiger partial charge in [-0.25, -0.2) is 0 Å². The van der Waals surface area contributed by atoms with Crippen LogP contribution in [0.3, 0.4) is 0 Å². The quantitative estimate of drug-likeness (QED) is 0.625. The van der Waals surface area contributed by atoms with Crippen LogP contribution in [0.1, 0.15) is 39.7 Å². The van der Waals surface area contributed by atoms with Gasteiger partial charge in [0.25, 0.3) is 0 Å². The Morgan fingerprint density at radius 1 is 1.04 bits per heavy atom. The van der Waals surface area contributed by atoms with Crippen LogP contribution >= 0.6 is 0 Å². The van der Waals surface area contributed by atoms with Crippen molar-refractivity contribution in [1.82, 2.24) is 4.90 Å². The van der Waals surface area contributed by atoms with Crippen molar-refractivity contribution in [2.45, 2.75) is 52.8 Å². The number of methoxy groups -OCH3 is 2. The topological polar surface area (TPSA) is 51.2 Å². The molecule has 0 saturated heterocycles. The van der Waals surface area contributed by atoms with Crippen LogP contribution in [-0.2, 0) is 11.3 Å². The van der Waals surface area contributed by atoms with E-state index in [1.165, 1.54) is 0 Å². The molecule has 0 aliphatic rings. The Morgan fingerprint density at radius 3 is 2.28 bits per heavy atom. The van der Waals surface area contributed by atoms with Crippen LogP contribution in [0.4, 0.5) is 0 Å². The summed E-state index contributed by atoms with van der Waals surface area (Å²) >= 11 is 0. The first kappa shape index (κ1) is 21.7. The molecule has 0 aromatic heterocycles. The molecule has 5 nitrogen and oxygen atoms in total. The zero-order valence-electron chi connectivity index (χ0n) is 16.6. The number of hydrogen-bond acceptors (Lipinski definition) is 5. The van der Waals surface area contributed by atoms with Crippen molar-refractivity contribution in [2.75, 3.05) is 34.0 Å². The summed E-state index contributed by atoms with van der Waals surface area (Å²) in [7, 11) is 3.28. The molecular formula is C20H35NO4. The maximum absolute atomic E-state index is 10.3. The second-order valence-corrected chi connectivity index (χ2v) is 6.96. The van der Waals surface area contributed by atoms with Crippen molar-refractivity contribution in [3.8, 4) is 11.5 Å². The molecule has 0 saturated carbocycles. The average Bonchev–Trinajstić information content (AvgIpc) is 2.59. The molecule has 0 aliphatic carbocycles. The number of aliphatic hydroxyl groups excluding tert-OH is 1. The zero-order chi connectivity index (χ0) is 18.8. The molecule has 0 amide bonds. The third-order valence-corrected chi connectivity index (χ3v) is 4.25. The molecule has 0 fully saturated rings. The Labute approximate surface area is 152 Å². The summed E-state index contributed by atoms with van der Waals surface area (Å²) in [6.07, 6.45) is 0.528. The van der Waals surface area contributed by atoms with Crippen LogP contribution in [0, 0.1) is 5.92 Å². The summed E-state index contributed by atoms with van der Waals surface area (Å²) in [5.41, 5.74) is 1.13. The van der Waals surface area contributed by atoms with Gasteiger partial charge in [0.05, 0.1) is 26.9 Å². The molecule has 0 aliphatic heterocycles. The van der Waals surface area contributed by atoms with E-state index in [-0.39, 0.29) is 0 Å². The fourth-order valence-electron chi connectivity index (χ4n) is 2.64. The first-order chi connectivity index (χ1) is 11.9. The van der Waals surface area contributed by atoms with Gasteiger partial charge < -0.3 is 19.3 Å². The van der Waals surface area contributed by atoms with Gasteiger partial charge in [-0.15, -0.1) is 0 Å². The minimum Gasteiger partial charge on any atom is -0.493 e. The molecule has 0 unspecified atom stereocenters. The van der Waals surface area contributed by atoms with Gasteiger partial charge in [0.2, 0.25) is 0 Å². The summed E-state index contributed by atoms with van der Waals surface area (Å²) in [6.45, 7) is 10.9. The van der Waals surface area contributed by atoms with Gasteiger partial charge in [0, 0.05) is 25.7 Å². The van der Waals surface area contributed by atoms with Crippen molar-refractivity contribution < 1.29 is 19.3 Å². The maximum atomic E-state index is 10.3. The van der Waals surface area contributed by atoms with Crippen LogP contribution in [0.5, 0.6) is 11.5 Å². The van der Waals surface area contributed by atoms with Crippen LogP contribution in [0.15, 0.2) is 18.2 Å². The van der Waals surface area contributed by atoms with Gasteiger partial charge in [-0.2, -0.15) is 0 Å². The molecule has 1 aromatic rings. The van der Waals surface area contributed by atoms with Gasteiger partial charge in [0.15, 0.2) is 11.5 Å². The highest BCUT2D eigenvalue weighted by Crippen LogP contribution is 2.28. The Hall–Kier alpha value is -1.30. The van der Waals surface area contributed by atoms with Crippen LogP contribution < -0.4 is 9.47 Å². The second kappa shape index (κ2) is 11.3. The molecule has 0 heterocycles. The van der Waals surface area contributed by atoms with Gasteiger partial charge >= 0.3 is 0 Å². The van der Waals surface area contributed by atoms with E-state index in [1.807, 2.05) is 18.2 Å². The van der Waals surface area contributed by atoms with Gasteiger partial charge in [-0.05, 0) is 37.0 Å². The lowest BCUT2D eigenvalue weighted by Gasteiger charge is -2.30. The van der Waals surface area contributed by atoms with Gasteiger partial charge in [-0.1, -0.05) is 26.8 Å². The Bertz CT molecular complexity index is 493. The SMILES string of the molecule is CC[C@@H](C)N(Cc1ccc(OC)c(OC)c1)C[C@@H](O)COCC(C)C. The highest BCUT2D eigenvalue weighted by molar-refractivity contribution is 5.42. The monoisotopic (exact) mass is 353 g/mol. The molecular weight excluding hydrogens is 318 g/mol. The smallest absolute Gasteiger partial charge is 0.161 e. The molecule has 5 heteroatoms. The number of ether oxygens (including phenoxy) is 3. The summed E-state index contributed by atoms with van der Waals surface area (Å²) in [6, 6.07) is 6.33. The Kier molecular flexibility index (Phi) is 9.86. The molecule has 1 rings (SSSR count). The fraction of sp³-hybridized carbons (Fsp3) is 0.700. The Morgan fingerprint density at radius 2 is 1.72 bits per heavy atom. The lowest BCUT2D eigenvalue weighted by molar-refractivity contribution is 0.000111. The molecule has 0 bridgehead atoms. The van der Waals surface area contributed by atoms with Crippen LogP contribution in [-0.4, -0.2) is 56.1 Å². The molecule has 144 valence electrons. The molecule has 0 radical (unpaired) electrons. The van der Waals surface area contributed by atoms with E-state index >= 15 is 0 Å². The van der Waals surface area contributed by atoms with Crippen molar-refractivity contribution in [3.63, 3.8) is 0 Å². The third kappa shape index (κ3) is 7.63. The van der Waals surface area contributed by atoms with E-state index in [9.17, 15) is 5.11 Å². The van der Waals surface area contributed by atoms with E-state index in [2.05, 4.69) is 32.6 Å². The minimum absolute atomic E-state index is 0.368. The largest absolute Gasteiger partial charge is 0.493 e.